The van der Waals surface area contributed by atoms with Gasteiger partial charge in [0, 0.05) is 10.5 Å². The van der Waals surface area contributed by atoms with Gasteiger partial charge in [-0.3, -0.25) is 0 Å². The van der Waals surface area contributed by atoms with E-state index in [1.807, 2.05) is 25.1 Å². The minimum Gasteiger partial charge on any atom is -0.355 e. The molecular formula is C17H15NOS. The van der Waals surface area contributed by atoms with Crippen LogP contribution in [0.1, 0.15) is 5.69 Å². The molecule has 3 heteroatoms. The molecule has 0 aliphatic carbocycles. The molecule has 0 unspecified atom stereocenters. The highest BCUT2D eigenvalue weighted by atomic mass is 32.2. The van der Waals surface area contributed by atoms with Gasteiger partial charge >= 0.3 is 0 Å². The van der Waals surface area contributed by atoms with Crippen LogP contribution in [0.5, 0.6) is 0 Å². The SMILES string of the molecule is CSc1ccc(-c2onc(C)c2-c2ccccc2)cc1. The van der Waals surface area contributed by atoms with E-state index in [1.165, 1.54) is 4.90 Å². The van der Waals surface area contributed by atoms with Crippen LogP contribution in [0.3, 0.4) is 0 Å². The van der Waals surface area contributed by atoms with E-state index in [0.29, 0.717) is 0 Å². The molecule has 0 atom stereocenters. The molecular weight excluding hydrogens is 266 g/mol. The van der Waals surface area contributed by atoms with E-state index in [1.54, 1.807) is 11.8 Å². The van der Waals surface area contributed by atoms with Crippen LogP contribution in [-0.4, -0.2) is 11.4 Å². The Kier molecular flexibility index (Phi) is 3.61. The summed E-state index contributed by atoms with van der Waals surface area (Å²) >= 11 is 1.73. The zero-order valence-electron chi connectivity index (χ0n) is 11.5. The Morgan fingerprint density at radius 3 is 2.25 bits per heavy atom. The van der Waals surface area contributed by atoms with E-state index < -0.39 is 0 Å². The molecule has 3 rings (SSSR count). The van der Waals surface area contributed by atoms with Crippen molar-refractivity contribution >= 4 is 11.8 Å². The smallest absolute Gasteiger partial charge is 0.174 e. The lowest BCUT2D eigenvalue weighted by molar-refractivity contribution is 0.427. The summed E-state index contributed by atoms with van der Waals surface area (Å²) in [6.07, 6.45) is 2.07. The zero-order valence-corrected chi connectivity index (χ0v) is 12.3. The maximum absolute atomic E-state index is 5.55. The third kappa shape index (κ3) is 2.37. The van der Waals surface area contributed by atoms with Gasteiger partial charge in [0.1, 0.15) is 0 Å². The summed E-state index contributed by atoms with van der Waals surface area (Å²) in [5, 5.41) is 4.13. The largest absolute Gasteiger partial charge is 0.355 e. The lowest BCUT2D eigenvalue weighted by Gasteiger charge is -2.03. The molecule has 0 saturated carbocycles. The van der Waals surface area contributed by atoms with Crippen molar-refractivity contribution in [2.24, 2.45) is 0 Å². The first kappa shape index (κ1) is 13.0. The second-order valence-corrected chi connectivity index (χ2v) is 5.45. The molecule has 2 aromatic carbocycles. The summed E-state index contributed by atoms with van der Waals surface area (Å²) in [5.41, 5.74) is 4.18. The third-order valence-electron chi connectivity index (χ3n) is 3.28. The van der Waals surface area contributed by atoms with Crippen LogP contribution in [0.15, 0.2) is 64.0 Å². The molecule has 0 radical (unpaired) electrons. The quantitative estimate of drug-likeness (QED) is 0.629. The fourth-order valence-electron chi connectivity index (χ4n) is 2.25. The molecule has 0 amide bonds. The number of aromatic nitrogens is 1. The van der Waals surface area contributed by atoms with Gasteiger partial charge in [0.05, 0.1) is 11.3 Å². The van der Waals surface area contributed by atoms with E-state index in [9.17, 15) is 0 Å². The summed E-state index contributed by atoms with van der Waals surface area (Å²) < 4.78 is 5.55. The van der Waals surface area contributed by atoms with Crippen molar-refractivity contribution in [3.05, 3.63) is 60.3 Å². The average molecular weight is 281 g/mol. The summed E-state index contributed by atoms with van der Waals surface area (Å²) in [4.78, 5) is 1.24. The highest BCUT2D eigenvalue weighted by molar-refractivity contribution is 7.98. The Morgan fingerprint density at radius 2 is 1.60 bits per heavy atom. The van der Waals surface area contributed by atoms with Crippen molar-refractivity contribution in [2.45, 2.75) is 11.8 Å². The van der Waals surface area contributed by atoms with Crippen LogP contribution in [0, 0.1) is 6.92 Å². The van der Waals surface area contributed by atoms with Gasteiger partial charge in [0.15, 0.2) is 5.76 Å². The van der Waals surface area contributed by atoms with Gasteiger partial charge in [-0.1, -0.05) is 35.5 Å². The number of benzene rings is 2. The highest BCUT2D eigenvalue weighted by Gasteiger charge is 2.16. The lowest BCUT2D eigenvalue weighted by Crippen LogP contribution is -1.83. The maximum atomic E-state index is 5.55. The van der Waals surface area contributed by atoms with Gasteiger partial charge in [-0.15, -0.1) is 11.8 Å². The van der Waals surface area contributed by atoms with Gasteiger partial charge in [-0.05, 0) is 43.0 Å². The van der Waals surface area contributed by atoms with E-state index in [2.05, 4.69) is 47.8 Å². The molecule has 2 nitrogen and oxygen atoms in total. The molecule has 1 heterocycles. The minimum atomic E-state index is 0.835. The maximum Gasteiger partial charge on any atom is 0.174 e. The Bertz CT molecular complexity index is 702. The topological polar surface area (TPSA) is 26.0 Å². The summed E-state index contributed by atoms with van der Waals surface area (Å²) in [6, 6.07) is 18.6. The van der Waals surface area contributed by atoms with Gasteiger partial charge < -0.3 is 4.52 Å². The van der Waals surface area contributed by atoms with Crippen LogP contribution in [-0.2, 0) is 0 Å². The molecule has 1 aromatic heterocycles. The van der Waals surface area contributed by atoms with E-state index in [0.717, 1.165) is 28.1 Å². The molecule has 0 saturated heterocycles. The van der Waals surface area contributed by atoms with Crippen molar-refractivity contribution in [2.75, 3.05) is 6.26 Å². The van der Waals surface area contributed by atoms with E-state index >= 15 is 0 Å². The van der Waals surface area contributed by atoms with Gasteiger partial charge in [0.25, 0.3) is 0 Å². The minimum absolute atomic E-state index is 0.835. The Hall–Kier alpha value is -2.00. The molecule has 100 valence electrons. The van der Waals surface area contributed by atoms with Crippen LogP contribution in [0.25, 0.3) is 22.5 Å². The first-order valence-corrected chi connectivity index (χ1v) is 7.68. The van der Waals surface area contributed by atoms with Crippen LogP contribution in [0.2, 0.25) is 0 Å². The van der Waals surface area contributed by atoms with Gasteiger partial charge in [0.2, 0.25) is 0 Å². The molecule has 0 aliphatic rings. The Labute approximate surface area is 122 Å². The first-order valence-electron chi connectivity index (χ1n) is 6.45. The summed E-state index contributed by atoms with van der Waals surface area (Å²) in [5.74, 6) is 0.835. The Balaban J connectivity index is 2.11. The molecule has 0 N–H and O–H groups in total. The number of thioether (sulfide) groups is 1. The molecule has 0 bridgehead atoms. The molecule has 0 aliphatic heterocycles. The van der Waals surface area contributed by atoms with Crippen molar-refractivity contribution in [1.82, 2.24) is 5.16 Å². The zero-order chi connectivity index (χ0) is 13.9. The van der Waals surface area contributed by atoms with Gasteiger partial charge in [-0.2, -0.15) is 0 Å². The van der Waals surface area contributed by atoms with Crippen molar-refractivity contribution < 1.29 is 4.52 Å². The predicted octanol–water partition coefficient (Wildman–Crippen LogP) is 5.04. The molecule has 20 heavy (non-hydrogen) atoms. The van der Waals surface area contributed by atoms with Gasteiger partial charge in [-0.25, -0.2) is 0 Å². The second kappa shape index (κ2) is 5.55. The van der Waals surface area contributed by atoms with Crippen molar-refractivity contribution in [1.29, 1.82) is 0 Å². The van der Waals surface area contributed by atoms with Crippen LogP contribution < -0.4 is 0 Å². The molecule has 0 fully saturated rings. The van der Waals surface area contributed by atoms with E-state index in [4.69, 9.17) is 4.52 Å². The number of hydrogen-bond donors (Lipinski definition) is 0. The standard InChI is InChI=1S/C17H15NOS/c1-12-16(13-6-4-3-5-7-13)17(19-18-12)14-8-10-15(20-2)11-9-14/h3-11H,1-2H3. The number of hydrogen-bond acceptors (Lipinski definition) is 3. The monoisotopic (exact) mass is 281 g/mol. The summed E-state index contributed by atoms with van der Waals surface area (Å²) in [7, 11) is 0. The predicted molar refractivity (Wildman–Crippen MR) is 83.9 cm³/mol. The highest BCUT2D eigenvalue weighted by Crippen LogP contribution is 2.35. The average Bonchev–Trinajstić information content (AvgIpc) is 2.90. The normalized spacial score (nSPS) is 10.7. The Morgan fingerprint density at radius 1 is 0.900 bits per heavy atom. The molecule has 0 spiro atoms. The van der Waals surface area contributed by atoms with Crippen LogP contribution in [0.4, 0.5) is 0 Å². The number of aryl methyl sites for hydroxylation is 1. The first-order chi connectivity index (χ1) is 9.79. The third-order valence-corrected chi connectivity index (χ3v) is 4.02. The lowest BCUT2D eigenvalue weighted by atomic mass is 10.00. The fraction of sp³-hybridized carbons (Fsp3) is 0.118. The van der Waals surface area contributed by atoms with Crippen molar-refractivity contribution in [3.8, 4) is 22.5 Å². The van der Waals surface area contributed by atoms with Crippen molar-refractivity contribution in [3.63, 3.8) is 0 Å². The fourth-order valence-corrected chi connectivity index (χ4v) is 2.66. The van der Waals surface area contributed by atoms with Crippen LogP contribution >= 0.6 is 11.8 Å². The molecule has 3 aromatic rings. The second-order valence-electron chi connectivity index (χ2n) is 4.57. The number of rotatable bonds is 3. The van der Waals surface area contributed by atoms with E-state index in [-0.39, 0.29) is 0 Å². The summed E-state index contributed by atoms with van der Waals surface area (Å²) in [6.45, 7) is 1.98. The number of nitrogens with zero attached hydrogens (tertiary/aromatic N) is 1.